The number of nitrogens with one attached hydrogen (secondary N) is 2. The van der Waals surface area contributed by atoms with Crippen molar-refractivity contribution in [3.63, 3.8) is 0 Å². The van der Waals surface area contributed by atoms with Crippen molar-refractivity contribution in [3.05, 3.63) is 120 Å². The average Bonchev–Trinajstić information content (AvgIpc) is 3.25. The van der Waals surface area contributed by atoms with Crippen LogP contribution in [0.2, 0.25) is 0 Å². The molecule has 2 aromatic heterocycles. The van der Waals surface area contributed by atoms with E-state index in [1.54, 1.807) is 12.1 Å². The predicted octanol–water partition coefficient (Wildman–Crippen LogP) is 6.87. The standard InChI is InChI=1S/C30H24FN7/c1-20-32-26-18-25(16-17-27(26)38(20)19-21-8-4-2-5-9-21)34-30-36-28(22-10-6-3-7-11-22)35-29(37-30)33-24-14-12-23(31)13-15-24/h2-18H,19H2,1H3,(H2,33,34,35,36,37). The maximum Gasteiger partial charge on any atom is 0.232 e. The Kier molecular flexibility index (Phi) is 6.19. The first kappa shape index (κ1) is 23.3. The van der Waals surface area contributed by atoms with E-state index in [0.29, 0.717) is 23.4 Å². The van der Waals surface area contributed by atoms with E-state index in [2.05, 4.69) is 48.4 Å². The van der Waals surface area contributed by atoms with Gasteiger partial charge in [-0.15, -0.1) is 0 Å². The molecule has 0 aliphatic heterocycles. The number of aromatic nitrogens is 5. The molecule has 8 heteroatoms. The molecule has 4 aromatic carbocycles. The number of hydrogen-bond acceptors (Lipinski definition) is 6. The SMILES string of the molecule is Cc1nc2cc(Nc3nc(Nc4ccc(F)cc4)nc(-c4ccccc4)n3)ccc2n1Cc1ccccc1. The average molecular weight is 502 g/mol. The quantitative estimate of drug-likeness (QED) is 0.248. The molecule has 0 radical (unpaired) electrons. The maximum atomic E-state index is 13.4. The molecule has 0 atom stereocenters. The van der Waals surface area contributed by atoms with Gasteiger partial charge in [-0.2, -0.15) is 15.0 Å². The number of anilines is 4. The van der Waals surface area contributed by atoms with Gasteiger partial charge in [0.1, 0.15) is 11.6 Å². The van der Waals surface area contributed by atoms with Gasteiger partial charge in [-0.05, 0) is 55.0 Å². The van der Waals surface area contributed by atoms with Gasteiger partial charge in [0.05, 0.1) is 11.0 Å². The van der Waals surface area contributed by atoms with Crippen molar-refractivity contribution in [1.82, 2.24) is 24.5 Å². The van der Waals surface area contributed by atoms with Crippen LogP contribution in [0.25, 0.3) is 22.4 Å². The third-order valence-electron chi connectivity index (χ3n) is 6.15. The number of hydrogen-bond donors (Lipinski definition) is 2. The summed E-state index contributed by atoms with van der Waals surface area (Å²) in [6.07, 6.45) is 0. The molecule has 6 rings (SSSR count). The number of fused-ring (bicyclic) bond motifs is 1. The molecule has 0 aliphatic carbocycles. The van der Waals surface area contributed by atoms with E-state index in [0.717, 1.165) is 34.7 Å². The Hall–Kier alpha value is -5.11. The zero-order valence-corrected chi connectivity index (χ0v) is 20.6. The number of imidazole rings is 1. The van der Waals surface area contributed by atoms with Gasteiger partial charge >= 0.3 is 0 Å². The van der Waals surface area contributed by atoms with E-state index in [9.17, 15) is 4.39 Å². The first-order valence-electron chi connectivity index (χ1n) is 12.2. The van der Waals surface area contributed by atoms with Gasteiger partial charge in [0.15, 0.2) is 5.82 Å². The number of halogens is 1. The summed E-state index contributed by atoms with van der Waals surface area (Å²) in [6.45, 7) is 2.77. The van der Waals surface area contributed by atoms with Crippen LogP contribution in [0.5, 0.6) is 0 Å². The van der Waals surface area contributed by atoms with E-state index in [-0.39, 0.29) is 5.82 Å². The van der Waals surface area contributed by atoms with Crippen LogP contribution in [0.15, 0.2) is 103 Å². The smallest absolute Gasteiger partial charge is 0.232 e. The largest absolute Gasteiger partial charge is 0.324 e. The molecule has 2 N–H and O–H groups in total. The van der Waals surface area contributed by atoms with Crippen LogP contribution < -0.4 is 10.6 Å². The highest BCUT2D eigenvalue weighted by molar-refractivity contribution is 5.81. The van der Waals surface area contributed by atoms with Gasteiger partial charge in [-0.3, -0.25) is 0 Å². The molecular formula is C30H24FN7. The molecule has 0 saturated carbocycles. The van der Waals surface area contributed by atoms with Crippen LogP contribution in [-0.4, -0.2) is 24.5 Å². The molecule has 0 aliphatic rings. The summed E-state index contributed by atoms with van der Waals surface area (Å²) in [4.78, 5) is 18.6. The Bertz CT molecular complexity index is 1700. The van der Waals surface area contributed by atoms with Gasteiger partial charge < -0.3 is 15.2 Å². The summed E-state index contributed by atoms with van der Waals surface area (Å²) in [5.41, 5.74) is 5.48. The Balaban J connectivity index is 1.32. The number of rotatable bonds is 7. The third kappa shape index (κ3) is 5.05. The summed E-state index contributed by atoms with van der Waals surface area (Å²) in [5.74, 6) is 1.87. The van der Waals surface area contributed by atoms with Crippen molar-refractivity contribution < 1.29 is 4.39 Å². The summed E-state index contributed by atoms with van der Waals surface area (Å²) >= 11 is 0. The fraction of sp³-hybridized carbons (Fsp3) is 0.0667. The second-order valence-corrected chi connectivity index (χ2v) is 8.86. The number of nitrogens with zero attached hydrogens (tertiary/aromatic N) is 5. The molecule has 0 amide bonds. The Morgan fingerprint density at radius 3 is 2.03 bits per heavy atom. The van der Waals surface area contributed by atoms with Gasteiger partial charge in [-0.1, -0.05) is 60.7 Å². The molecule has 0 spiro atoms. The Morgan fingerprint density at radius 1 is 0.684 bits per heavy atom. The summed E-state index contributed by atoms with van der Waals surface area (Å²) < 4.78 is 15.6. The first-order chi connectivity index (χ1) is 18.6. The van der Waals surface area contributed by atoms with Crippen molar-refractivity contribution in [1.29, 1.82) is 0 Å². The van der Waals surface area contributed by atoms with Crippen molar-refractivity contribution in [2.45, 2.75) is 13.5 Å². The molecule has 6 aromatic rings. The molecular weight excluding hydrogens is 477 g/mol. The van der Waals surface area contributed by atoms with Crippen molar-refractivity contribution in [2.24, 2.45) is 0 Å². The summed E-state index contributed by atoms with van der Waals surface area (Å²) in [5, 5.41) is 6.45. The lowest BCUT2D eigenvalue weighted by molar-refractivity contribution is 0.628. The zero-order valence-electron chi connectivity index (χ0n) is 20.6. The normalized spacial score (nSPS) is 11.0. The minimum absolute atomic E-state index is 0.310. The van der Waals surface area contributed by atoms with E-state index >= 15 is 0 Å². The fourth-order valence-electron chi connectivity index (χ4n) is 4.29. The highest BCUT2D eigenvalue weighted by Crippen LogP contribution is 2.25. The van der Waals surface area contributed by atoms with Crippen LogP contribution >= 0.6 is 0 Å². The second-order valence-electron chi connectivity index (χ2n) is 8.86. The molecule has 0 unspecified atom stereocenters. The molecule has 0 bridgehead atoms. The maximum absolute atomic E-state index is 13.4. The van der Waals surface area contributed by atoms with Gasteiger partial charge in [0, 0.05) is 23.5 Å². The first-order valence-corrected chi connectivity index (χ1v) is 12.2. The number of benzene rings is 4. The monoisotopic (exact) mass is 501 g/mol. The van der Waals surface area contributed by atoms with Crippen LogP contribution in [0.1, 0.15) is 11.4 Å². The van der Waals surface area contributed by atoms with Crippen LogP contribution in [-0.2, 0) is 6.54 Å². The zero-order chi connectivity index (χ0) is 25.9. The minimum Gasteiger partial charge on any atom is -0.324 e. The highest BCUT2D eigenvalue weighted by atomic mass is 19.1. The molecule has 7 nitrogen and oxygen atoms in total. The fourth-order valence-corrected chi connectivity index (χ4v) is 4.29. The second kappa shape index (κ2) is 10.1. The highest BCUT2D eigenvalue weighted by Gasteiger charge is 2.12. The van der Waals surface area contributed by atoms with E-state index < -0.39 is 0 Å². The number of aryl methyl sites for hydroxylation is 1. The third-order valence-corrected chi connectivity index (χ3v) is 6.15. The lowest BCUT2D eigenvalue weighted by atomic mass is 10.2. The lowest BCUT2D eigenvalue weighted by Gasteiger charge is -2.11. The molecule has 0 fully saturated rings. The lowest BCUT2D eigenvalue weighted by Crippen LogP contribution is -2.05. The minimum atomic E-state index is -0.310. The summed E-state index contributed by atoms with van der Waals surface area (Å²) in [7, 11) is 0. The van der Waals surface area contributed by atoms with Crippen LogP contribution in [0, 0.1) is 12.7 Å². The molecule has 2 heterocycles. The van der Waals surface area contributed by atoms with E-state index in [1.807, 2.05) is 67.6 Å². The van der Waals surface area contributed by atoms with Crippen molar-refractivity contribution in [2.75, 3.05) is 10.6 Å². The predicted molar refractivity (Wildman–Crippen MR) is 148 cm³/mol. The van der Waals surface area contributed by atoms with Gasteiger partial charge in [-0.25, -0.2) is 9.37 Å². The molecule has 38 heavy (non-hydrogen) atoms. The Labute approximate surface area is 219 Å². The van der Waals surface area contributed by atoms with E-state index in [4.69, 9.17) is 4.98 Å². The van der Waals surface area contributed by atoms with Crippen LogP contribution in [0.3, 0.4) is 0 Å². The van der Waals surface area contributed by atoms with Gasteiger partial charge in [0.25, 0.3) is 0 Å². The van der Waals surface area contributed by atoms with Crippen molar-refractivity contribution in [3.8, 4) is 11.4 Å². The van der Waals surface area contributed by atoms with Crippen molar-refractivity contribution >= 4 is 34.3 Å². The van der Waals surface area contributed by atoms with Crippen LogP contribution in [0.4, 0.5) is 27.7 Å². The van der Waals surface area contributed by atoms with Gasteiger partial charge in [0.2, 0.25) is 11.9 Å². The molecule has 186 valence electrons. The Morgan fingerprint density at radius 2 is 1.32 bits per heavy atom. The van der Waals surface area contributed by atoms with E-state index in [1.165, 1.54) is 17.7 Å². The topological polar surface area (TPSA) is 80.6 Å². The summed E-state index contributed by atoms with van der Waals surface area (Å²) in [6, 6.07) is 32.1. The molecule has 0 saturated heterocycles.